The maximum absolute atomic E-state index is 11.8. The highest BCUT2D eigenvalue weighted by atomic mass is 16.2. The minimum atomic E-state index is -0.214. The third kappa shape index (κ3) is 5.31. The summed E-state index contributed by atoms with van der Waals surface area (Å²) >= 11 is 0. The van der Waals surface area contributed by atoms with Gasteiger partial charge in [0.05, 0.1) is 0 Å². The van der Waals surface area contributed by atoms with Crippen molar-refractivity contribution in [3.63, 3.8) is 0 Å². The Morgan fingerprint density at radius 1 is 1.14 bits per heavy atom. The molecule has 1 atom stereocenters. The maximum Gasteiger partial charge on any atom is 0.240 e. The van der Waals surface area contributed by atoms with Crippen LogP contribution in [-0.4, -0.2) is 17.5 Å². The van der Waals surface area contributed by atoms with Crippen LogP contribution in [0.4, 0.5) is 5.69 Å². The van der Waals surface area contributed by atoms with E-state index in [2.05, 4.69) is 22.8 Å². The molecular formula is C17H23N3O2. The van der Waals surface area contributed by atoms with Crippen molar-refractivity contribution >= 4 is 23.2 Å². The highest BCUT2D eigenvalue weighted by Gasteiger charge is 2.16. The summed E-state index contributed by atoms with van der Waals surface area (Å²) in [5.41, 5.74) is 4.37. The molecule has 118 valence electrons. The smallest absolute Gasteiger partial charge is 0.240 e. The molecule has 2 N–H and O–H groups in total. The first-order valence-corrected chi connectivity index (χ1v) is 7.85. The highest BCUT2D eigenvalue weighted by Crippen LogP contribution is 2.20. The van der Waals surface area contributed by atoms with Crippen LogP contribution in [0.2, 0.25) is 0 Å². The minimum Gasteiger partial charge on any atom is -0.326 e. The van der Waals surface area contributed by atoms with Crippen LogP contribution in [0.3, 0.4) is 0 Å². The monoisotopic (exact) mass is 301 g/mol. The standard InChI is InChI=1S/C17H23N3O2/c1-13-7-5-6-10-15(13)19-20-17(22)12-11-16(21)18-14-8-3-2-4-9-14/h2-4,8-9,13H,5-7,10-12H2,1H3,(H,18,21)(H,20,22)/b19-15-/t13-/m0/s1. The number of nitrogens with zero attached hydrogens (tertiary/aromatic N) is 1. The Kier molecular flexibility index (Phi) is 6.13. The van der Waals surface area contributed by atoms with Crippen molar-refractivity contribution < 1.29 is 9.59 Å². The first-order valence-electron chi connectivity index (χ1n) is 7.85. The Balaban J connectivity index is 1.71. The lowest BCUT2D eigenvalue weighted by molar-refractivity contribution is -0.124. The lowest BCUT2D eigenvalue weighted by Gasteiger charge is -2.19. The van der Waals surface area contributed by atoms with Gasteiger partial charge in [0.15, 0.2) is 0 Å². The molecule has 1 aliphatic carbocycles. The van der Waals surface area contributed by atoms with E-state index in [0.717, 1.165) is 30.7 Å². The van der Waals surface area contributed by atoms with Gasteiger partial charge in [-0.05, 0) is 37.3 Å². The molecule has 5 nitrogen and oxygen atoms in total. The molecule has 0 heterocycles. The minimum absolute atomic E-state index is 0.143. The number of nitrogens with one attached hydrogen (secondary N) is 2. The van der Waals surface area contributed by atoms with Gasteiger partial charge in [0.1, 0.15) is 0 Å². The molecule has 1 aromatic rings. The van der Waals surface area contributed by atoms with E-state index in [9.17, 15) is 9.59 Å². The summed E-state index contributed by atoms with van der Waals surface area (Å²) in [7, 11) is 0. The van der Waals surface area contributed by atoms with E-state index in [-0.39, 0.29) is 24.7 Å². The number of carbonyl (C=O) groups excluding carboxylic acids is 2. The summed E-state index contributed by atoms with van der Waals surface area (Å²) in [6.45, 7) is 2.14. The molecule has 5 heteroatoms. The number of amides is 2. The average molecular weight is 301 g/mol. The van der Waals surface area contributed by atoms with Crippen molar-refractivity contribution in [2.45, 2.75) is 45.4 Å². The second-order valence-corrected chi connectivity index (χ2v) is 5.70. The van der Waals surface area contributed by atoms with Crippen LogP contribution in [0, 0.1) is 5.92 Å². The van der Waals surface area contributed by atoms with Gasteiger partial charge in [0.2, 0.25) is 11.8 Å². The van der Waals surface area contributed by atoms with Crippen molar-refractivity contribution in [3.05, 3.63) is 30.3 Å². The summed E-state index contributed by atoms with van der Waals surface area (Å²) in [5.74, 6) is 0.0592. The number of anilines is 1. The summed E-state index contributed by atoms with van der Waals surface area (Å²) in [6.07, 6.45) is 4.75. The second-order valence-electron chi connectivity index (χ2n) is 5.70. The van der Waals surface area contributed by atoms with E-state index in [1.54, 1.807) is 0 Å². The lowest BCUT2D eigenvalue weighted by Crippen LogP contribution is -2.25. The normalized spacial score (nSPS) is 19.7. The van der Waals surface area contributed by atoms with Gasteiger partial charge in [-0.3, -0.25) is 9.59 Å². The molecule has 1 aliphatic rings. The van der Waals surface area contributed by atoms with Gasteiger partial charge in [0, 0.05) is 24.2 Å². The van der Waals surface area contributed by atoms with Gasteiger partial charge in [-0.2, -0.15) is 5.10 Å². The second kappa shape index (κ2) is 8.32. The summed E-state index contributed by atoms with van der Waals surface area (Å²) < 4.78 is 0. The number of hydrogen-bond acceptors (Lipinski definition) is 3. The van der Waals surface area contributed by atoms with Gasteiger partial charge in [-0.1, -0.05) is 31.5 Å². The zero-order valence-electron chi connectivity index (χ0n) is 13.0. The third-order valence-electron chi connectivity index (χ3n) is 3.85. The SMILES string of the molecule is C[C@H]1CCCC/C1=N/NC(=O)CCC(=O)Nc1ccccc1. The molecule has 1 saturated carbocycles. The van der Waals surface area contributed by atoms with Crippen molar-refractivity contribution in [2.24, 2.45) is 11.0 Å². The lowest BCUT2D eigenvalue weighted by atomic mass is 9.89. The molecule has 1 fully saturated rings. The number of carbonyl (C=O) groups is 2. The van der Waals surface area contributed by atoms with Crippen molar-refractivity contribution in [2.75, 3.05) is 5.32 Å². The molecule has 2 rings (SSSR count). The van der Waals surface area contributed by atoms with E-state index in [1.807, 2.05) is 30.3 Å². The van der Waals surface area contributed by atoms with Crippen LogP contribution < -0.4 is 10.7 Å². The number of para-hydroxylation sites is 1. The van der Waals surface area contributed by atoms with Crippen LogP contribution >= 0.6 is 0 Å². The van der Waals surface area contributed by atoms with Crippen LogP contribution in [0.1, 0.15) is 45.4 Å². The highest BCUT2D eigenvalue weighted by molar-refractivity contribution is 5.93. The third-order valence-corrected chi connectivity index (χ3v) is 3.85. The fourth-order valence-electron chi connectivity index (χ4n) is 2.50. The Morgan fingerprint density at radius 3 is 2.59 bits per heavy atom. The molecule has 0 saturated heterocycles. The molecule has 0 spiro atoms. The van der Waals surface area contributed by atoms with Gasteiger partial charge in [-0.25, -0.2) is 5.43 Å². The van der Waals surface area contributed by atoms with E-state index in [0.29, 0.717) is 5.92 Å². The quantitative estimate of drug-likeness (QED) is 0.820. The predicted molar refractivity (Wildman–Crippen MR) is 87.5 cm³/mol. The largest absolute Gasteiger partial charge is 0.326 e. The van der Waals surface area contributed by atoms with Crippen molar-refractivity contribution in [3.8, 4) is 0 Å². The zero-order valence-corrected chi connectivity index (χ0v) is 13.0. The zero-order chi connectivity index (χ0) is 15.8. The summed E-state index contributed by atoms with van der Waals surface area (Å²) in [6, 6.07) is 9.21. The Labute approximate surface area is 131 Å². The summed E-state index contributed by atoms with van der Waals surface area (Å²) in [5, 5.41) is 6.97. The molecular weight excluding hydrogens is 278 g/mol. The number of rotatable bonds is 5. The molecule has 0 aromatic heterocycles. The van der Waals surface area contributed by atoms with E-state index < -0.39 is 0 Å². The van der Waals surface area contributed by atoms with Gasteiger partial charge < -0.3 is 5.32 Å². The first-order chi connectivity index (χ1) is 10.6. The average Bonchev–Trinajstić information content (AvgIpc) is 2.53. The fourth-order valence-corrected chi connectivity index (χ4v) is 2.50. The van der Waals surface area contributed by atoms with E-state index in [4.69, 9.17) is 0 Å². The Bertz CT molecular complexity index is 540. The van der Waals surface area contributed by atoms with Crippen LogP contribution in [-0.2, 0) is 9.59 Å². The molecule has 0 radical (unpaired) electrons. The van der Waals surface area contributed by atoms with Gasteiger partial charge >= 0.3 is 0 Å². The van der Waals surface area contributed by atoms with E-state index in [1.165, 1.54) is 6.42 Å². The topological polar surface area (TPSA) is 70.6 Å². The Morgan fingerprint density at radius 2 is 1.86 bits per heavy atom. The van der Waals surface area contributed by atoms with Gasteiger partial charge in [-0.15, -0.1) is 0 Å². The Hall–Kier alpha value is -2.17. The van der Waals surface area contributed by atoms with Crippen LogP contribution in [0.5, 0.6) is 0 Å². The summed E-state index contributed by atoms with van der Waals surface area (Å²) in [4.78, 5) is 23.5. The molecule has 0 aliphatic heterocycles. The number of hydrazone groups is 1. The first kappa shape index (κ1) is 16.2. The molecule has 0 unspecified atom stereocenters. The van der Waals surface area contributed by atoms with Crippen LogP contribution in [0.15, 0.2) is 35.4 Å². The van der Waals surface area contributed by atoms with Crippen molar-refractivity contribution in [1.29, 1.82) is 0 Å². The van der Waals surface area contributed by atoms with Crippen LogP contribution in [0.25, 0.3) is 0 Å². The predicted octanol–water partition coefficient (Wildman–Crippen LogP) is 3.09. The maximum atomic E-state index is 11.8. The van der Waals surface area contributed by atoms with Crippen molar-refractivity contribution in [1.82, 2.24) is 5.43 Å². The molecule has 1 aromatic carbocycles. The molecule has 0 bridgehead atoms. The molecule has 2 amide bonds. The molecule has 22 heavy (non-hydrogen) atoms. The number of benzene rings is 1. The fraction of sp³-hybridized carbons (Fsp3) is 0.471. The number of hydrogen-bond donors (Lipinski definition) is 2. The van der Waals surface area contributed by atoms with Gasteiger partial charge in [0.25, 0.3) is 0 Å². The van der Waals surface area contributed by atoms with E-state index >= 15 is 0 Å².